The lowest BCUT2D eigenvalue weighted by Gasteiger charge is -2.10. The van der Waals surface area contributed by atoms with E-state index in [1.807, 2.05) is 6.07 Å². The number of carbonyl (C=O) groups excluding carboxylic acids is 1. The number of aromatic amines is 1. The van der Waals surface area contributed by atoms with Gasteiger partial charge in [0.1, 0.15) is 5.75 Å². The molecule has 2 aromatic carbocycles. The fourth-order valence-corrected chi connectivity index (χ4v) is 2.45. The van der Waals surface area contributed by atoms with E-state index >= 15 is 0 Å². The molecular formula is C18H13ClN4O3. The first-order valence-electron chi connectivity index (χ1n) is 7.60. The Balaban J connectivity index is 1.75. The van der Waals surface area contributed by atoms with Gasteiger partial charge in [-0.3, -0.25) is 4.79 Å². The number of rotatable bonds is 4. The second-order valence-corrected chi connectivity index (χ2v) is 5.88. The van der Waals surface area contributed by atoms with E-state index in [9.17, 15) is 9.90 Å². The standard InChI is InChI=1S/C18H13ClN4O3/c1-10(26-13-5-2-11(9-20)3-6-13)17(24)23-22-16-14-8-12(19)4-7-15(14)21-18(16)25/h2-8,10,21,25H,1H3. The van der Waals surface area contributed by atoms with Gasteiger partial charge in [-0.2, -0.15) is 5.26 Å². The van der Waals surface area contributed by atoms with Gasteiger partial charge in [-0.15, -0.1) is 10.2 Å². The van der Waals surface area contributed by atoms with Crippen LogP contribution in [0.5, 0.6) is 11.6 Å². The number of aromatic hydroxyl groups is 1. The van der Waals surface area contributed by atoms with Crippen LogP contribution in [0.2, 0.25) is 5.02 Å². The molecule has 8 heteroatoms. The van der Waals surface area contributed by atoms with Crippen molar-refractivity contribution >= 4 is 34.1 Å². The molecule has 7 nitrogen and oxygen atoms in total. The van der Waals surface area contributed by atoms with Crippen molar-refractivity contribution in [1.29, 1.82) is 5.26 Å². The van der Waals surface area contributed by atoms with E-state index in [1.54, 1.807) is 42.5 Å². The molecule has 3 aromatic rings. The summed E-state index contributed by atoms with van der Waals surface area (Å²) in [6.45, 7) is 1.53. The Morgan fingerprint density at radius 2 is 2.04 bits per heavy atom. The molecule has 0 saturated heterocycles. The van der Waals surface area contributed by atoms with Crippen LogP contribution in [0.1, 0.15) is 12.5 Å². The Bertz CT molecular complexity index is 1040. The van der Waals surface area contributed by atoms with Gasteiger partial charge in [0, 0.05) is 10.4 Å². The number of fused-ring (bicyclic) bond motifs is 1. The number of halogens is 1. The van der Waals surface area contributed by atoms with Crippen molar-refractivity contribution in [3.63, 3.8) is 0 Å². The number of amides is 1. The summed E-state index contributed by atoms with van der Waals surface area (Å²) in [6, 6.07) is 13.3. The Morgan fingerprint density at radius 3 is 2.73 bits per heavy atom. The van der Waals surface area contributed by atoms with Crippen LogP contribution < -0.4 is 4.74 Å². The molecule has 1 atom stereocenters. The van der Waals surface area contributed by atoms with Crippen LogP contribution in [0.3, 0.4) is 0 Å². The van der Waals surface area contributed by atoms with Crippen molar-refractivity contribution in [3.05, 3.63) is 53.1 Å². The fourth-order valence-electron chi connectivity index (χ4n) is 2.28. The number of carbonyl (C=O) groups is 1. The predicted molar refractivity (Wildman–Crippen MR) is 95.7 cm³/mol. The first kappa shape index (κ1) is 17.5. The number of azo groups is 1. The van der Waals surface area contributed by atoms with Gasteiger partial charge in [-0.1, -0.05) is 11.6 Å². The average molecular weight is 369 g/mol. The summed E-state index contributed by atoms with van der Waals surface area (Å²) < 4.78 is 5.48. The Labute approximate surface area is 153 Å². The van der Waals surface area contributed by atoms with E-state index in [2.05, 4.69) is 15.2 Å². The zero-order valence-electron chi connectivity index (χ0n) is 13.6. The Kier molecular flexibility index (Phi) is 4.87. The minimum Gasteiger partial charge on any atom is -0.493 e. The molecule has 26 heavy (non-hydrogen) atoms. The SMILES string of the molecule is CC(Oc1ccc(C#N)cc1)C(=O)N=Nc1c(O)[nH]c2ccc(Cl)cc12. The second-order valence-electron chi connectivity index (χ2n) is 5.45. The molecule has 0 aliphatic carbocycles. The van der Waals surface area contributed by atoms with Crippen molar-refractivity contribution in [3.8, 4) is 17.7 Å². The summed E-state index contributed by atoms with van der Waals surface area (Å²) in [7, 11) is 0. The van der Waals surface area contributed by atoms with Gasteiger partial charge in [0.05, 0.1) is 17.1 Å². The Hall–Kier alpha value is -3.37. The topological polar surface area (TPSA) is 111 Å². The van der Waals surface area contributed by atoms with Gasteiger partial charge >= 0.3 is 5.91 Å². The van der Waals surface area contributed by atoms with E-state index in [4.69, 9.17) is 21.6 Å². The van der Waals surface area contributed by atoms with Gasteiger partial charge in [0.15, 0.2) is 11.8 Å². The number of ether oxygens (including phenoxy) is 1. The van der Waals surface area contributed by atoms with Crippen LogP contribution in [-0.2, 0) is 4.79 Å². The third kappa shape index (κ3) is 3.66. The highest BCUT2D eigenvalue weighted by molar-refractivity contribution is 6.31. The van der Waals surface area contributed by atoms with Crippen LogP contribution >= 0.6 is 11.6 Å². The van der Waals surface area contributed by atoms with E-state index in [0.717, 1.165) is 0 Å². The van der Waals surface area contributed by atoms with E-state index < -0.39 is 12.0 Å². The van der Waals surface area contributed by atoms with E-state index in [1.165, 1.54) is 6.92 Å². The second kappa shape index (κ2) is 7.25. The third-order valence-electron chi connectivity index (χ3n) is 3.61. The number of H-pyrrole nitrogens is 1. The average Bonchev–Trinajstić information content (AvgIpc) is 2.94. The lowest BCUT2D eigenvalue weighted by Crippen LogP contribution is -2.21. The number of aromatic nitrogens is 1. The zero-order chi connectivity index (χ0) is 18.7. The lowest BCUT2D eigenvalue weighted by atomic mass is 10.2. The number of hydrogen-bond acceptors (Lipinski definition) is 5. The first-order valence-corrected chi connectivity index (χ1v) is 7.98. The summed E-state index contributed by atoms with van der Waals surface area (Å²) in [4.78, 5) is 14.9. The molecule has 0 radical (unpaired) electrons. The molecule has 0 saturated carbocycles. The quantitative estimate of drug-likeness (QED) is 0.661. The summed E-state index contributed by atoms with van der Waals surface area (Å²) in [5.41, 5.74) is 1.24. The van der Waals surface area contributed by atoms with Crippen molar-refractivity contribution in [2.24, 2.45) is 10.2 Å². The molecule has 3 rings (SSSR count). The lowest BCUT2D eigenvalue weighted by molar-refractivity contribution is -0.124. The van der Waals surface area contributed by atoms with Crippen molar-refractivity contribution in [2.75, 3.05) is 0 Å². The molecule has 0 spiro atoms. The molecule has 0 aliphatic heterocycles. The third-order valence-corrected chi connectivity index (χ3v) is 3.84. The number of nitrogens with zero attached hydrogens (tertiary/aromatic N) is 3. The maximum absolute atomic E-state index is 12.1. The maximum atomic E-state index is 12.1. The van der Waals surface area contributed by atoms with Gasteiger partial charge in [0.25, 0.3) is 0 Å². The smallest absolute Gasteiger partial charge is 0.304 e. The highest BCUT2D eigenvalue weighted by Crippen LogP contribution is 2.36. The molecular weight excluding hydrogens is 356 g/mol. The minimum atomic E-state index is -0.886. The van der Waals surface area contributed by atoms with Crippen LogP contribution in [-0.4, -0.2) is 22.1 Å². The van der Waals surface area contributed by atoms with E-state index in [-0.39, 0.29) is 11.6 Å². The van der Waals surface area contributed by atoms with Gasteiger partial charge < -0.3 is 14.8 Å². The molecule has 0 bridgehead atoms. The van der Waals surface area contributed by atoms with Crippen LogP contribution in [0.25, 0.3) is 10.9 Å². The molecule has 130 valence electrons. The fraction of sp³-hybridized carbons (Fsp3) is 0.111. The zero-order valence-corrected chi connectivity index (χ0v) is 14.4. The molecule has 1 heterocycles. The van der Waals surface area contributed by atoms with Crippen LogP contribution in [0.15, 0.2) is 52.7 Å². The summed E-state index contributed by atoms with van der Waals surface area (Å²) in [5.74, 6) is -0.397. The molecule has 1 amide bonds. The monoisotopic (exact) mass is 368 g/mol. The largest absolute Gasteiger partial charge is 0.493 e. The van der Waals surface area contributed by atoms with E-state index in [0.29, 0.717) is 27.2 Å². The molecule has 2 N–H and O–H groups in total. The maximum Gasteiger partial charge on any atom is 0.304 e. The number of benzene rings is 2. The number of nitrogens with one attached hydrogen (secondary N) is 1. The predicted octanol–water partition coefficient (Wildman–Crippen LogP) is 4.48. The number of hydrogen-bond donors (Lipinski definition) is 2. The first-order chi connectivity index (χ1) is 12.5. The van der Waals surface area contributed by atoms with Crippen molar-refractivity contribution < 1.29 is 14.6 Å². The van der Waals surface area contributed by atoms with Crippen molar-refractivity contribution in [1.82, 2.24) is 4.98 Å². The molecule has 0 aliphatic rings. The summed E-state index contributed by atoms with van der Waals surface area (Å²) >= 11 is 5.95. The Morgan fingerprint density at radius 1 is 1.31 bits per heavy atom. The normalized spacial score (nSPS) is 12.2. The minimum absolute atomic E-state index is 0.126. The van der Waals surface area contributed by atoms with Gasteiger partial charge in [0.2, 0.25) is 5.88 Å². The highest BCUT2D eigenvalue weighted by Gasteiger charge is 2.16. The summed E-state index contributed by atoms with van der Waals surface area (Å²) in [5, 5.41) is 27.2. The highest BCUT2D eigenvalue weighted by atomic mass is 35.5. The van der Waals surface area contributed by atoms with Crippen LogP contribution in [0.4, 0.5) is 5.69 Å². The molecule has 1 aromatic heterocycles. The van der Waals surface area contributed by atoms with Crippen molar-refractivity contribution in [2.45, 2.75) is 13.0 Å². The molecule has 0 fully saturated rings. The number of nitriles is 1. The molecule has 1 unspecified atom stereocenters. The summed E-state index contributed by atoms with van der Waals surface area (Å²) in [6.07, 6.45) is -0.886. The van der Waals surface area contributed by atoms with Gasteiger partial charge in [-0.25, -0.2) is 0 Å². The van der Waals surface area contributed by atoms with Crippen LogP contribution in [0, 0.1) is 11.3 Å². The van der Waals surface area contributed by atoms with Gasteiger partial charge in [-0.05, 0) is 49.4 Å².